The van der Waals surface area contributed by atoms with Crippen LogP contribution in [0.2, 0.25) is 0 Å². The first kappa shape index (κ1) is 12.4. The average molecular weight is 234 g/mol. The van der Waals surface area contributed by atoms with Crippen LogP contribution in [-0.4, -0.2) is 11.1 Å². The van der Waals surface area contributed by atoms with E-state index in [0.29, 0.717) is 12.6 Å². The van der Waals surface area contributed by atoms with Gasteiger partial charge in [-0.05, 0) is 30.9 Å². The first-order valence-electron chi connectivity index (χ1n) is 6.37. The van der Waals surface area contributed by atoms with E-state index in [-0.39, 0.29) is 5.41 Å². The zero-order valence-corrected chi connectivity index (χ0v) is 11.0. The first-order chi connectivity index (χ1) is 7.99. The fourth-order valence-corrected chi connectivity index (χ4v) is 1.78. The second kappa shape index (κ2) is 4.65. The highest BCUT2D eigenvalue weighted by Gasteiger charge is 2.22. The third-order valence-corrected chi connectivity index (χ3v) is 3.21. The largest absolute Gasteiger partial charge is 0.474 e. The second-order valence-electron chi connectivity index (χ2n) is 5.82. The fraction of sp³-hybridized carbons (Fsp3) is 0.643. The maximum atomic E-state index is 5.86. The summed E-state index contributed by atoms with van der Waals surface area (Å²) in [5.74, 6) is 0.738. The van der Waals surface area contributed by atoms with Crippen LogP contribution in [0, 0.1) is 0 Å². The van der Waals surface area contributed by atoms with Crippen LogP contribution in [0.5, 0.6) is 5.88 Å². The lowest BCUT2D eigenvalue weighted by atomic mass is 9.91. The maximum absolute atomic E-state index is 5.86. The molecule has 0 spiro atoms. The molecule has 0 aliphatic heterocycles. The molecule has 2 N–H and O–H groups in total. The minimum absolute atomic E-state index is 0.0307. The number of nitrogens with two attached hydrogens (primary N) is 1. The molecule has 0 aromatic carbocycles. The topological polar surface area (TPSA) is 48.1 Å². The number of ether oxygens (including phenoxy) is 1. The molecular formula is C14H22N2O. The molecular weight excluding hydrogens is 212 g/mol. The minimum Gasteiger partial charge on any atom is -0.474 e. The quantitative estimate of drug-likeness (QED) is 0.874. The second-order valence-corrected chi connectivity index (χ2v) is 5.82. The van der Waals surface area contributed by atoms with Crippen molar-refractivity contribution in [1.82, 2.24) is 4.98 Å². The molecule has 1 aromatic rings. The summed E-state index contributed by atoms with van der Waals surface area (Å²) >= 11 is 0. The lowest BCUT2D eigenvalue weighted by Crippen LogP contribution is -2.26. The summed E-state index contributed by atoms with van der Waals surface area (Å²) in [6.45, 7) is 7.00. The molecule has 1 aromatic heterocycles. The Kier molecular flexibility index (Phi) is 3.38. The Morgan fingerprint density at radius 1 is 1.35 bits per heavy atom. The lowest BCUT2D eigenvalue weighted by molar-refractivity contribution is 0.114. The van der Waals surface area contributed by atoms with Crippen molar-refractivity contribution in [2.24, 2.45) is 5.73 Å². The molecule has 0 saturated heterocycles. The number of hydrogen-bond acceptors (Lipinski definition) is 3. The Hall–Kier alpha value is -1.09. The van der Waals surface area contributed by atoms with Crippen molar-refractivity contribution in [2.75, 3.05) is 0 Å². The Morgan fingerprint density at radius 2 is 2.06 bits per heavy atom. The number of rotatable bonds is 3. The lowest BCUT2D eigenvalue weighted by Gasteiger charge is -2.27. The molecule has 1 aliphatic carbocycles. The predicted octanol–water partition coefficient (Wildman–Crippen LogP) is 2.77. The Balaban J connectivity index is 2.24. The van der Waals surface area contributed by atoms with Crippen LogP contribution in [0.25, 0.3) is 0 Å². The summed E-state index contributed by atoms with van der Waals surface area (Å²) in [5, 5.41) is 0. The molecule has 0 radical (unpaired) electrons. The Labute approximate surface area is 103 Å². The van der Waals surface area contributed by atoms with Crippen molar-refractivity contribution in [3.63, 3.8) is 0 Å². The van der Waals surface area contributed by atoms with Crippen molar-refractivity contribution in [1.29, 1.82) is 0 Å². The molecule has 1 heterocycles. The van der Waals surface area contributed by atoms with Gasteiger partial charge in [0.15, 0.2) is 0 Å². The smallest absolute Gasteiger partial charge is 0.214 e. The van der Waals surface area contributed by atoms with Gasteiger partial charge in [-0.15, -0.1) is 0 Å². The molecule has 1 fully saturated rings. The van der Waals surface area contributed by atoms with Gasteiger partial charge < -0.3 is 10.5 Å². The highest BCUT2D eigenvalue weighted by Crippen LogP contribution is 2.28. The van der Waals surface area contributed by atoms with Gasteiger partial charge in [-0.2, -0.15) is 0 Å². The maximum Gasteiger partial charge on any atom is 0.214 e. The van der Waals surface area contributed by atoms with Gasteiger partial charge in [0.05, 0.1) is 5.69 Å². The van der Waals surface area contributed by atoms with Crippen LogP contribution in [0.4, 0.5) is 0 Å². The van der Waals surface area contributed by atoms with E-state index >= 15 is 0 Å². The molecule has 0 atom stereocenters. The minimum atomic E-state index is 0.0307. The van der Waals surface area contributed by atoms with Gasteiger partial charge >= 0.3 is 0 Å². The average Bonchev–Trinajstić information content (AvgIpc) is 2.22. The molecule has 0 bridgehead atoms. The molecule has 3 heteroatoms. The predicted molar refractivity (Wildman–Crippen MR) is 69.1 cm³/mol. The van der Waals surface area contributed by atoms with Gasteiger partial charge in [-0.3, -0.25) is 0 Å². The zero-order chi connectivity index (χ0) is 12.5. The van der Waals surface area contributed by atoms with E-state index in [1.54, 1.807) is 0 Å². The summed E-state index contributed by atoms with van der Waals surface area (Å²) in [5.41, 5.74) is 7.90. The van der Waals surface area contributed by atoms with Crippen LogP contribution in [0.3, 0.4) is 0 Å². The van der Waals surface area contributed by atoms with E-state index in [1.807, 2.05) is 6.07 Å². The summed E-state index contributed by atoms with van der Waals surface area (Å²) in [6, 6.07) is 4.04. The molecule has 17 heavy (non-hydrogen) atoms. The van der Waals surface area contributed by atoms with Gasteiger partial charge in [0, 0.05) is 18.0 Å². The molecule has 2 rings (SSSR count). The highest BCUT2D eigenvalue weighted by molar-refractivity contribution is 5.28. The Bertz CT molecular complexity index is 392. The van der Waals surface area contributed by atoms with Crippen molar-refractivity contribution in [2.45, 2.75) is 58.1 Å². The number of aromatic nitrogens is 1. The van der Waals surface area contributed by atoms with Crippen LogP contribution in [0.15, 0.2) is 12.1 Å². The summed E-state index contributed by atoms with van der Waals surface area (Å²) < 4.78 is 5.86. The van der Waals surface area contributed by atoms with Gasteiger partial charge in [0.25, 0.3) is 0 Å². The SMILES string of the molecule is CC(C)(C)c1cc(CN)cc(OC2CCC2)n1. The normalized spacial score (nSPS) is 16.7. The zero-order valence-electron chi connectivity index (χ0n) is 11.0. The van der Waals surface area contributed by atoms with E-state index in [9.17, 15) is 0 Å². The highest BCUT2D eigenvalue weighted by atomic mass is 16.5. The first-order valence-corrected chi connectivity index (χ1v) is 6.37. The van der Waals surface area contributed by atoms with Crippen LogP contribution in [-0.2, 0) is 12.0 Å². The van der Waals surface area contributed by atoms with E-state index in [0.717, 1.165) is 30.0 Å². The third kappa shape index (κ3) is 2.97. The molecule has 1 saturated carbocycles. The van der Waals surface area contributed by atoms with Crippen molar-refractivity contribution < 1.29 is 4.74 Å². The summed E-state index contributed by atoms with van der Waals surface area (Å²) in [4.78, 5) is 4.60. The van der Waals surface area contributed by atoms with E-state index in [4.69, 9.17) is 10.5 Å². The van der Waals surface area contributed by atoms with Gasteiger partial charge in [0.1, 0.15) is 6.10 Å². The van der Waals surface area contributed by atoms with Crippen molar-refractivity contribution in [3.05, 3.63) is 23.4 Å². The van der Waals surface area contributed by atoms with E-state index in [2.05, 4.69) is 31.8 Å². The van der Waals surface area contributed by atoms with Crippen LogP contribution < -0.4 is 10.5 Å². The van der Waals surface area contributed by atoms with Crippen LogP contribution >= 0.6 is 0 Å². The number of pyridine rings is 1. The van der Waals surface area contributed by atoms with E-state index < -0.39 is 0 Å². The number of nitrogens with zero attached hydrogens (tertiary/aromatic N) is 1. The molecule has 0 amide bonds. The van der Waals surface area contributed by atoms with Gasteiger partial charge in [-0.1, -0.05) is 20.8 Å². The summed E-state index contributed by atoms with van der Waals surface area (Å²) in [6.07, 6.45) is 3.94. The molecule has 3 nitrogen and oxygen atoms in total. The van der Waals surface area contributed by atoms with Crippen molar-refractivity contribution in [3.8, 4) is 5.88 Å². The monoisotopic (exact) mass is 234 g/mol. The molecule has 1 aliphatic rings. The fourth-order valence-electron chi connectivity index (χ4n) is 1.78. The van der Waals surface area contributed by atoms with E-state index in [1.165, 1.54) is 6.42 Å². The van der Waals surface area contributed by atoms with Crippen LogP contribution in [0.1, 0.15) is 51.3 Å². The molecule has 94 valence electrons. The number of hydrogen-bond donors (Lipinski definition) is 1. The third-order valence-electron chi connectivity index (χ3n) is 3.21. The Morgan fingerprint density at radius 3 is 2.53 bits per heavy atom. The summed E-state index contributed by atoms with van der Waals surface area (Å²) in [7, 11) is 0. The van der Waals surface area contributed by atoms with Crippen molar-refractivity contribution >= 4 is 0 Å². The van der Waals surface area contributed by atoms with Gasteiger partial charge in [-0.25, -0.2) is 4.98 Å². The standard InChI is InChI=1S/C14H22N2O/c1-14(2,3)12-7-10(9-15)8-13(16-12)17-11-5-4-6-11/h7-8,11H,4-6,9,15H2,1-3H3. The molecule has 0 unspecified atom stereocenters. The van der Waals surface area contributed by atoms with Gasteiger partial charge in [0.2, 0.25) is 5.88 Å².